The molecule has 2 fully saturated rings. The third kappa shape index (κ3) is 4.71. The second kappa shape index (κ2) is 7.77. The van der Waals surface area contributed by atoms with Crippen molar-refractivity contribution in [3.8, 4) is 0 Å². The van der Waals surface area contributed by atoms with Crippen molar-refractivity contribution in [3.05, 3.63) is 0 Å². The minimum Gasteiger partial charge on any atom is -0.311 e. The van der Waals surface area contributed by atoms with Crippen molar-refractivity contribution >= 4 is 0 Å². The normalized spacial score (nSPS) is 28.5. The topological polar surface area (TPSA) is 18.5 Å². The number of unbranched alkanes of at least 4 members (excludes halogenated alkanes) is 1. The Hall–Kier alpha value is -0.120. The highest BCUT2D eigenvalue weighted by Crippen LogP contribution is 2.34. The van der Waals surface area contributed by atoms with Crippen LogP contribution in [0.2, 0.25) is 0 Å². The smallest absolute Gasteiger partial charge is 0.0224 e. The van der Waals surface area contributed by atoms with E-state index in [1.165, 1.54) is 58.3 Å². The maximum absolute atomic E-state index is 3.79. The quantitative estimate of drug-likeness (QED) is 0.690. The van der Waals surface area contributed by atoms with E-state index < -0.39 is 0 Å². The molecule has 1 saturated heterocycles. The molecule has 3 nitrogen and oxygen atoms in total. The van der Waals surface area contributed by atoms with Crippen molar-refractivity contribution in [2.45, 2.75) is 71.0 Å². The van der Waals surface area contributed by atoms with Gasteiger partial charge in [-0.1, -0.05) is 6.92 Å². The Bertz CT molecular complexity index is 275. The lowest BCUT2D eigenvalue weighted by Gasteiger charge is -2.40. The summed E-state index contributed by atoms with van der Waals surface area (Å²) in [6, 6.07) is 2.24. The van der Waals surface area contributed by atoms with Gasteiger partial charge in [0.2, 0.25) is 0 Å². The van der Waals surface area contributed by atoms with Gasteiger partial charge in [0.25, 0.3) is 0 Å². The van der Waals surface area contributed by atoms with Crippen LogP contribution >= 0.6 is 0 Å². The number of piperazine rings is 1. The van der Waals surface area contributed by atoms with Crippen LogP contribution in [0.3, 0.4) is 0 Å². The van der Waals surface area contributed by atoms with Crippen LogP contribution in [0.1, 0.15) is 52.9 Å². The summed E-state index contributed by atoms with van der Waals surface area (Å²) in [6.45, 7) is 11.9. The first-order valence-corrected chi connectivity index (χ1v) is 8.79. The molecule has 118 valence electrons. The molecule has 2 rings (SSSR count). The van der Waals surface area contributed by atoms with E-state index in [0.29, 0.717) is 6.04 Å². The van der Waals surface area contributed by atoms with Crippen molar-refractivity contribution in [1.82, 2.24) is 15.1 Å². The van der Waals surface area contributed by atoms with Gasteiger partial charge in [-0.25, -0.2) is 0 Å². The summed E-state index contributed by atoms with van der Waals surface area (Å²) in [7, 11) is 2.24. The van der Waals surface area contributed by atoms with Crippen LogP contribution in [0.15, 0.2) is 0 Å². The molecular weight excluding hydrogens is 246 g/mol. The zero-order chi connectivity index (χ0) is 14.5. The Morgan fingerprint density at radius 3 is 2.60 bits per heavy atom. The molecule has 0 spiro atoms. The lowest BCUT2D eigenvalue weighted by atomic mass is 10.0. The molecule has 0 aromatic heterocycles. The van der Waals surface area contributed by atoms with Crippen molar-refractivity contribution in [2.75, 3.05) is 33.2 Å². The average molecular weight is 281 g/mol. The summed E-state index contributed by atoms with van der Waals surface area (Å²) in [5, 5.41) is 3.79. The summed E-state index contributed by atoms with van der Waals surface area (Å²) in [6.07, 6.45) is 6.90. The molecule has 0 aromatic carbocycles. The van der Waals surface area contributed by atoms with E-state index >= 15 is 0 Å². The Morgan fingerprint density at radius 2 is 2.00 bits per heavy atom. The van der Waals surface area contributed by atoms with Crippen LogP contribution in [0.5, 0.6) is 0 Å². The van der Waals surface area contributed by atoms with E-state index in [0.717, 1.165) is 18.0 Å². The van der Waals surface area contributed by atoms with Gasteiger partial charge >= 0.3 is 0 Å². The molecule has 1 aliphatic carbocycles. The number of nitrogens with one attached hydrogen (secondary N) is 1. The third-order valence-electron chi connectivity index (χ3n) is 5.31. The fourth-order valence-corrected chi connectivity index (χ4v) is 3.31. The lowest BCUT2D eigenvalue weighted by Crippen LogP contribution is -2.57. The van der Waals surface area contributed by atoms with Gasteiger partial charge in [0.05, 0.1) is 0 Å². The molecule has 2 atom stereocenters. The highest BCUT2D eigenvalue weighted by molar-refractivity contribution is 4.94. The minimum absolute atomic E-state index is 0.678. The zero-order valence-electron chi connectivity index (χ0n) is 14.1. The summed E-state index contributed by atoms with van der Waals surface area (Å²) in [5.74, 6) is 0.988. The summed E-state index contributed by atoms with van der Waals surface area (Å²) < 4.78 is 0. The average Bonchev–Trinajstić information content (AvgIpc) is 3.27. The van der Waals surface area contributed by atoms with Crippen molar-refractivity contribution < 1.29 is 0 Å². The molecule has 2 unspecified atom stereocenters. The molecule has 1 N–H and O–H groups in total. The van der Waals surface area contributed by atoms with Crippen LogP contribution in [0, 0.1) is 5.92 Å². The van der Waals surface area contributed by atoms with Crippen LogP contribution < -0.4 is 5.32 Å². The summed E-state index contributed by atoms with van der Waals surface area (Å²) >= 11 is 0. The van der Waals surface area contributed by atoms with Crippen molar-refractivity contribution in [1.29, 1.82) is 0 Å². The molecular formula is C17H35N3. The van der Waals surface area contributed by atoms with Crippen molar-refractivity contribution in [3.63, 3.8) is 0 Å². The van der Waals surface area contributed by atoms with Crippen LogP contribution in [0.4, 0.5) is 0 Å². The molecule has 20 heavy (non-hydrogen) atoms. The van der Waals surface area contributed by atoms with Gasteiger partial charge in [0.15, 0.2) is 0 Å². The van der Waals surface area contributed by atoms with Gasteiger partial charge in [0.1, 0.15) is 0 Å². The van der Waals surface area contributed by atoms with Gasteiger partial charge in [-0.05, 0) is 72.0 Å². The molecule has 0 aromatic rings. The van der Waals surface area contributed by atoms with Gasteiger partial charge < -0.3 is 10.2 Å². The van der Waals surface area contributed by atoms with Gasteiger partial charge in [-0.3, -0.25) is 4.90 Å². The van der Waals surface area contributed by atoms with E-state index in [-0.39, 0.29) is 0 Å². The molecule has 1 saturated carbocycles. The monoisotopic (exact) mass is 281 g/mol. The Labute approximate surface area is 126 Å². The predicted molar refractivity (Wildman–Crippen MR) is 87.2 cm³/mol. The fraction of sp³-hybridized carbons (Fsp3) is 1.00. The van der Waals surface area contributed by atoms with Crippen molar-refractivity contribution in [2.24, 2.45) is 5.92 Å². The largest absolute Gasteiger partial charge is 0.311 e. The molecule has 0 bridgehead atoms. The Morgan fingerprint density at radius 1 is 1.25 bits per heavy atom. The molecule has 2 aliphatic rings. The molecule has 1 aliphatic heterocycles. The second-order valence-corrected chi connectivity index (χ2v) is 7.19. The van der Waals surface area contributed by atoms with Crippen LogP contribution in [-0.4, -0.2) is 61.2 Å². The van der Waals surface area contributed by atoms with Gasteiger partial charge in [-0.2, -0.15) is 0 Å². The minimum atomic E-state index is 0.678. The second-order valence-electron chi connectivity index (χ2n) is 7.19. The number of hydrogen-bond acceptors (Lipinski definition) is 3. The van der Waals surface area contributed by atoms with E-state index in [1.807, 2.05) is 0 Å². The maximum atomic E-state index is 3.79. The third-order valence-corrected chi connectivity index (χ3v) is 5.31. The standard InChI is InChI=1S/C17H35N3/c1-5-16-12-18-17(15-8-9-15)13-20(16)11-7-6-10-19(4)14(2)3/h14-18H,5-13H2,1-4H3. The number of hydrogen-bond donors (Lipinski definition) is 1. The number of nitrogens with zero attached hydrogens (tertiary/aromatic N) is 2. The first-order chi connectivity index (χ1) is 9.61. The fourth-order valence-electron chi connectivity index (χ4n) is 3.31. The first kappa shape index (κ1) is 16.3. The summed E-state index contributed by atoms with van der Waals surface area (Å²) in [4.78, 5) is 5.23. The Kier molecular flexibility index (Phi) is 6.31. The molecule has 3 heteroatoms. The van der Waals surface area contributed by atoms with E-state index in [2.05, 4.69) is 42.9 Å². The SMILES string of the molecule is CCC1CNC(C2CC2)CN1CCCCN(C)C(C)C. The summed E-state index contributed by atoms with van der Waals surface area (Å²) in [5.41, 5.74) is 0. The first-order valence-electron chi connectivity index (χ1n) is 8.79. The maximum Gasteiger partial charge on any atom is 0.0224 e. The van der Waals surface area contributed by atoms with Gasteiger partial charge in [0, 0.05) is 31.2 Å². The van der Waals surface area contributed by atoms with E-state index in [4.69, 9.17) is 0 Å². The molecule has 0 amide bonds. The predicted octanol–water partition coefficient (Wildman–Crippen LogP) is 2.57. The highest BCUT2D eigenvalue weighted by Gasteiger charge is 2.36. The zero-order valence-corrected chi connectivity index (χ0v) is 14.1. The Balaban J connectivity index is 1.68. The van der Waals surface area contributed by atoms with E-state index in [1.54, 1.807) is 0 Å². The van der Waals surface area contributed by atoms with E-state index in [9.17, 15) is 0 Å². The number of rotatable bonds is 8. The van der Waals surface area contributed by atoms with Crippen LogP contribution in [-0.2, 0) is 0 Å². The van der Waals surface area contributed by atoms with Gasteiger partial charge in [-0.15, -0.1) is 0 Å². The van der Waals surface area contributed by atoms with Crippen LogP contribution in [0.25, 0.3) is 0 Å². The molecule has 0 radical (unpaired) electrons. The lowest BCUT2D eigenvalue weighted by molar-refractivity contribution is 0.115. The highest BCUT2D eigenvalue weighted by atomic mass is 15.2. The molecule has 1 heterocycles.